The van der Waals surface area contributed by atoms with Crippen molar-refractivity contribution in [3.05, 3.63) is 105 Å². The van der Waals surface area contributed by atoms with Crippen LogP contribution in [0.1, 0.15) is 34.3 Å². The van der Waals surface area contributed by atoms with Crippen molar-refractivity contribution < 1.29 is 5.32 Å². The lowest BCUT2D eigenvalue weighted by atomic mass is 9.83. The second-order valence-electron chi connectivity index (χ2n) is 7.07. The highest BCUT2D eigenvalue weighted by atomic mass is 35.5. The quantitative estimate of drug-likeness (QED) is 0.464. The van der Waals surface area contributed by atoms with Gasteiger partial charge in [0.05, 0.1) is 18.2 Å². The van der Waals surface area contributed by atoms with Gasteiger partial charge in [-0.05, 0) is 29.8 Å². The van der Waals surface area contributed by atoms with Crippen molar-refractivity contribution in [2.75, 3.05) is 6.54 Å². The molecular weight excluding hydrogens is 375 g/mol. The molecule has 2 heterocycles. The zero-order valence-electron chi connectivity index (χ0n) is 14.6. The Hall–Kier alpha value is -2.26. The average Bonchev–Trinajstić information content (AvgIpc) is 3.08. The van der Waals surface area contributed by atoms with E-state index in [1.165, 1.54) is 33.3 Å². The summed E-state index contributed by atoms with van der Waals surface area (Å²) in [7, 11) is 0. The van der Waals surface area contributed by atoms with Crippen molar-refractivity contribution in [2.45, 2.75) is 12.0 Å². The van der Waals surface area contributed by atoms with Crippen molar-refractivity contribution in [1.82, 2.24) is 4.98 Å². The number of nitrogens with one attached hydrogen (secondary N) is 1. The van der Waals surface area contributed by atoms with Gasteiger partial charge >= 0.3 is 0 Å². The van der Waals surface area contributed by atoms with E-state index in [0.29, 0.717) is 0 Å². The van der Waals surface area contributed by atoms with Crippen molar-refractivity contribution in [2.24, 2.45) is 0 Å². The fourth-order valence-electron chi connectivity index (χ4n) is 4.33. The maximum absolute atomic E-state index is 6.57. The van der Waals surface area contributed by atoms with Crippen LogP contribution < -0.4 is 5.32 Å². The number of H-pyrrole nitrogens is 1. The van der Waals surface area contributed by atoms with Crippen LogP contribution in [-0.4, -0.2) is 11.5 Å². The van der Waals surface area contributed by atoms with Crippen LogP contribution in [0, 0.1) is 0 Å². The summed E-state index contributed by atoms with van der Waals surface area (Å²) in [5, 5.41) is 5.27. The fraction of sp³-hybridized carbons (Fsp3) is 0.130. The van der Waals surface area contributed by atoms with E-state index in [-0.39, 0.29) is 12.0 Å². The van der Waals surface area contributed by atoms with E-state index in [1.54, 1.807) is 0 Å². The first kappa shape index (κ1) is 16.9. The predicted molar refractivity (Wildman–Crippen MR) is 112 cm³/mol. The molecule has 0 amide bonds. The number of fused-ring (bicyclic) bond motifs is 3. The van der Waals surface area contributed by atoms with Crippen LogP contribution in [0.4, 0.5) is 0 Å². The lowest BCUT2D eigenvalue weighted by molar-refractivity contribution is -0.692. The first-order chi connectivity index (χ1) is 13.2. The molecule has 27 heavy (non-hydrogen) atoms. The van der Waals surface area contributed by atoms with Gasteiger partial charge in [0.2, 0.25) is 0 Å². The lowest BCUT2D eigenvalue weighted by Gasteiger charge is -2.28. The van der Waals surface area contributed by atoms with Gasteiger partial charge in [0.25, 0.3) is 0 Å². The number of quaternary nitrogens is 1. The summed E-state index contributed by atoms with van der Waals surface area (Å²) in [5.74, 6) is 0.258. The number of para-hydroxylation sites is 1. The number of benzene rings is 3. The maximum Gasteiger partial charge on any atom is 0.153 e. The Kier molecular flexibility index (Phi) is 4.20. The monoisotopic (exact) mass is 393 g/mol. The van der Waals surface area contributed by atoms with Crippen molar-refractivity contribution in [3.8, 4) is 0 Å². The zero-order valence-corrected chi connectivity index (χ0v) is 16.1. The maximum atomic E-state index is 6.57. The molecule has 2 atom stereocenters. The first-order valence-electron chi connectivity index (χ1n) is 9.16. The third-order valence-corrected chi connectivity index (χ3v) is 6.15. The van der Waals surface area contributed by atoms with Crippen molar-refractivity contribution in [3.63, 3.8) is 0 Å². The molecule has 0 saturated carbocycles. The van der Waals surface area contributed by atoms with E-state index >= 15 is 0 Å². The molecule has 3 aromatic carbocycles. The van der Waals surface area contributed by atoms with Crippen molar-refractivity contribution >= 4 is 34.1 Å². The molecule has 4 aromatic rings. The Morgan fingerprint density at radius 2 is 1.59 bits per heavy atom. The molecule has 1 aliphatic heterocycles. The topological polar surface area (TPSA) is 32.4 Å². The fourth-order valence-corrected chi connectivity index (χ4v) is 4.72. The summed E-state index contributed by atoms with van der Waals surface area (Å²) in [5.41, 5.74) is 6.24. The van der Waals surface area contributed by atoms with Gasteiger partial charge in [-0.15, -0.1) is 0 Å². The van der Waals surface area contributed by atoms with E-state index < -0.39 is 0 Å². The first-order valence-corrected chi connectivity index (χ1v) is 9.91. The number of rotatable bonds is 2. The predicted octanol–water partition coefficient (Wildman–Crippen LogP) is 5.27. The molecule has 0 radical (unpaired) electrons. The van der Waals surface area contributed by atoms with Gasteiger partial charge in [-0.3, -0.25) is 0 Å². The van der Waals surface area contributed by atoms with Gasteiger partial charge in [0, 0.05) is 32.1 Å². The smallest absolute Gasteiger partial charge is 0.153 e. The van der Waals surface area contributed by atoms with Gasteiger partial charge in [0.15, 0.2) is 6.04 Å². The van der Waals surface area contributed by atoms with E-state index in [2.05, 4.69) is 58.8 Å². The summed E-state index contributed by atoms with van der Waals surface area (Å²) < 4.78 is 0. The highest BCUT2D eigenvalue weighted by molar-refractivity contribution is 6.31. The summed E-state index contributed by atoms with van der Waals surface area (Å²) in [4.78, 5) is 3.69. The standard InChI is InChI=1S/C23H18Cl2N2/c24-15-11-9-14(10-12-15)22-23-21(17-6-2-4-8-20(17)27-23)18(13-26-22)16-5-1-3-7-19(16)25/h1-12,18,22,26-27H,13H2/p+1/t18-,22+/m1/s1. The Morgan fingerprint density at radius 3 is 2.41 bits per heavy atom. The molecule has 0 bridgehead atoms. The third-order valence-electron chi connectivity index (χ3n) is 5.55. The minimum Gasteiger partial charge on any atom is -0.353 e. The SMILES string of the molecule is Clc1ccc([C@@H]2[NH2+]C[C@H](c3ccccc3Cl)c3c2[nH]c2ccccc32)cc1. The van der Waals surface area contributed by atoms with E-state index in [0.717, 1.165) is 16.6 Å². The number of hydrogen-bond donors (Lipinski definition) is 2. The largest absolute Gasteiger partial charge is 0.353 e. The number of nitrogens with two attached hydrogens (primary N) is 1. The molecule has 5 rings (SSSR count). The van der Waals surface area contributed by atoms with Crippen LogP contribution in [0.3, 0.4) is 0 Å². The number of aromatic amines is 1. The minimum atomic E-state index is 0.225. The van der Waals surface area contributed by atoms with Crippen LogP contribution in [0.15, 0.2) is 72.8 Å². The van der Waals surface area contributed by atoms with Gasteiger partial charge in [0.1, 0.15) is 0 Å². The summed E-state index contributed by atoms with van der Waals surface area (Å²) in [6.07, 6.45) is 0. The lowest BCUT2D eigenvalue weighted by Crippen LogP contribution is -2.88. The second kappa shape index (κ2) is 6.72. The highest BCUT2D eigenvalue weighted by Crippen LogP contribution is 2.40. The second-order valence-corrected chi connectivity index (χ2v) is 7.92. The van der Waals surface area contributed by atoms with Crippen molar-refractivity contribution in [1.29, 1.82) is 0 Å². The molecule has 1 aliphatic rings. The van der Waals surface area contributed by atoms with Crippen LogP contribution in [0.5, 0.6) is 0 Å². The van der Waals surface area contributed by atoms with Crippen LogP contribution in [0.25, 0.3) is 10.9 Å². The molecule has 134 valence electrons. The Bertz CT molecular complexity index is 1110. The number of hydrogen-bond acceptors (Lipinski definition) is 0. The molecular formula is C23H19Cl2N2+. The Morgan fingerprint density at radius 1 is 0.852 bits per heavy atom. The molecule has 1 aromatic heterocycles. The Balaban J connectivity index is 1.72. The van der Waals surface area contributed by atoms with Gasteiger partial charge in [-0.1, -0.05) is 71.7 Å². The van der Waals surface area contributed by atoms with Crippen LogP contribution >= 0.6 is 23.2 Å². The molecule has 2 nitrogen and oxygen atoms in total. The number of aromatic nitrogens is 1. The number of halogens is 2. The minimum absolute atomic E-state index is 0.225. The van der Waals surface area contributed by atoms with Crippen LogP contribution in [-0.2, 0) is 0 Å². The summed E-state index contributed by atoms with van der Waals surface area (Å²) in [6.45, 7) is 0.950. The molecule has 0 unspecified atom stereocenters. The van der Waals surface area contributed by atoms with E-state index in [1.807, 2.05) is 24.3 Å². The Labute approximate surface area is 168 Å². The van der Waals surface area contributed by atoms with Gasteiger partial charge in [-0.25, -0.2) is 0 Å². The average molecular weight is 394 g/mol. The normalized spacial score (nSPS) is 19.2. The summed E-state index contributed by atoms with van der Waals surface area (Å²) in [6, 6.07) is 25.1. The molecule has 0 aliphatic carbocycles. The van der Waals surface area contributed by atoms with Gasteiger partial charge < -0.3 is 10.3 Å². The van der Waals surface area contributed by atoms with E-state index in [9.17, 15) is 0 Å². The molecule has 3 N–H and O–H groups in total. The molecule has 4 heteroatoms. The third kappa shape index (κ3) is 2.85. The van der Waals surface area contributed by atoms with Crippen LogP contribution in [0.2, 0.25) is 10.0 Å². The molecule has 0 saturated heterocycles. The van der Waals surface area contributed by atoms with E-state index in [4.69, 9.17) is 23.2 Å². The highest BCUT2D eigenvalue weighted by Gasteiger charge is 2.36. The molecule has 0 spiro atoms. The summed E-state index contributed by atoms with van der Waals surface area (Å²) >= 11 is 12.7. The molecule has 0 fully saturated rings. The zero-order chi connectivity index (χ0) is 18.4. The van der Waals surface area contributed by atoms with Gasteiger partial charge in [-0.2, -0.15) is 0 Å².